The van der Waals surface area contributed by atoms with Crippen LogP contribution in [0.15, 0.2) is 73.6 Å². The van der Waals surface area contributed by atoms with Crippen molar-refractivity contribution in [2.24, 2.45) is 0 Å². The Labute approximate surface area is 126 Å². The summed E-state index contributed by atoms with van der Waals surface area (Å²) in [7, 11) is 0.914. The first kappa shape index (κ1) is 13.4. The lowest BCUT2D eigenvalue weighted by Gasteiger charge is -2.13. The molecule has 0 N–H and O–H groups in total. The standard InChI is InChI=1S/C17H15N3Si/c21-17(15-6-3-9-20-12-15)16(13-4-1-7-18-10-13)14-5-2-8-19-11-14/h1-12H,21H3. The second-order valence-electron chi connectivity index (χ2n) is 4.73. The molecule has 3 heterocycles. The van der Waals surface area contributed by atoms with E-state index in [2.05, 4.69) is 33.2 Å². The Morgan fingerprint density at radius 3 is 1.48 bits per heavy atom. The van der Waals surface area contributed by atoms with E-state index < -0.39 is 0 Å². The van der Waals surface area contributed by atoms with E-state index >= 15 is 0 Å². The highest BCUT2D eigenvalue weighted by Crippen LogP contribution is 2.29. The van der Waals surface area contributed by atoms with Crippen molar-refractivity contribution < 1.29 is 0 Å². The van der Waals surface area contributed by atoms with Gasteiger partial charge in [-0.2, -0.15) is 0 Å². The van der Waals surface area contributed by atoms with Crippen LogP contribution in [0.2, 0.25) is 0 Å². The van der Waals surface area contributed by atoms with Gasteiger partial charge in [-0.1, -0.05) is 23.4 Å². The quantitative estimate of drug-likeness (QED) is 0.694. The van der Waals surface area contributed by atoms with E-state index in [9.17, 15) is 0 Å². The molecule has 0 aromatic carbocycles. The molecule has 3 aromatic rings. The molecular formula is C17H15N3Si. The second-order valence-corrected chi connectivity index (χ2v) is 5.73. The maximum Gasteiger partial charge on any atom is 0.0402 e. The first-order valence-electron chi connectivity index (χ1n) is 6.78. The summed E-state index contributed by atoms with van der Waals surface area (Å²) < 4.78 is 0. The molecule has 3 rings (SSSR count). The van der Waals surface area contributed by atoms with E-state index in [4.69, 9.17) is 0 Å². The molecular weight excluding hydrogens is 274 g/mol. The average Bonchev–Trinajstić information content (AvgIpc) is 2.58. The molecule has 4 heteroatoms. The molecule has 3 aromatic heterocycles. The Kier molecular flexibility index (Phi) is 3.98. The third kappa shape index (κ3) is 2.95. The Bertz CT molecular complexity index is 699. The van der Waals surface area contributed by atoms with Crippen LogP contribution in [0, 0.1) is 0 Å². The maximum atomic E-state index is 4.25. The smallest absolute Gasteiger partial charge is 0.0402 e. The van der Waals surface area contributed by atoms with Gasteiger partial charge in [0.15, 0.2) is 0 Å². The Balaban J connectivity index is 2.22. The molecule has 0 fully saturated rings. The van der Waals surface area contributed by atoms with Gasteiger partial charge in [-0.25, -0.2) is 0 Å². The zero-order chi connectivity index (χ0) is 14.5. The molecule has 0 saturated heterocycles. The Morgan fingerprint density at radius 1 is 0.667 bits per heavy atom. The predicted octanol–water partition coefficient (Wildman–Crippen LogP) is 2.15. The number of rotatable bonds is 3. The van der Waals surface area contributed by atoms with Crippen LogP contribution in [-0.2, 0) is 0 Å². The van der Waals surface area contributed by atoms with Crippen molar-refractivity contribution in [3.8, 4) is 0 Å². The molecule has 0 atom stereocenters. The molecule has 0 amide bonds. The summed E-state index contributed by atoms with van der Waals surface area (Å²) in [5.74, 6) is 0. The Morgan fingerprint density at radius 2 is 1.10 bits per heavy atom. The minimum atomic E-state index is 0.914. The second kappa shape index (κ2) is 6.24. The van der Waals surface area contributed by atoms with E-state index in [1.807, 2.05) is 36.8 Å². The lowest BCUT2D eigenvalue weighted by atomic mass is 9.98. The van der Waals surface area contributed by atoms with Gasteiger partial charge in [0.05, 0.1) is 0 Å². The van der Waals surface area contributed by atoms with E-state index in [-0.39, 0.29) is 0 Å². The minimum Gasteiger partial charge on any atom is -0.264 e. The predicted molar refractivity (Wildman–Crippen MR) is 88.6 cm³/mol. The molecule has 0 spiro atoms. The van der Waals surface area contributed by atoms with Crippen molar-refractivity contribution in [3.05, 3.63) is 90.3 Å². The molecule has 0 aliphatic carbocycles. The van der Waals surface area contributed by atoms with Crippen LogP contribution in [0.4, 0.5) is 0 Å². The molecule has 0 saturated carbocycles. The normalized spacial score (nSPS) is 10.3. The lowest BCUT2D eigenvalue weighted by Crippen LogP contribution is -1.96. The fraction of sp³-hybridized carbons (Fsp3) is 0. The van der Waals surface area contributed by atoms with Crippen LogP contribution >= 0.6 is 0 Å². The fourth-order valence-electron chi connectivity index (χ4n) is 2.35. The van der Waals surface area contributed by atoms with Gasteiger partial charge in [0.1, 0.15) is 0 Å². The van der Waals surface area contributed by atoms with Gasteiger partial charge >= 0.3 is 0 Å². The third-order valence-corrected chi connectivity index (χ3v) is 4.45. The number of hydrogen-bond acceptors (Lipinski definition) is 3. The molecule has 102 valence electrons. The van der Waals surface area contributed by atoms with Crippen LogP contribution in [0.1, 0.15) is 16.7 Å². The summed E-state index contributed by atoms with van der Waals surface area (Å²) in [6.07, 6.45) is 11.1. The highest BCUT2D eigenvalue weighted by Gasteiger charge is 2.10. The molecule has 0 radical (unpaired) electrons. The van der Waals surface area contributed by atoms with Crippen molar-refractivity contribution in [2.75, 3.05) is 0 Å². The third-order valence-electron chi connectivity index (χ3n) is 3.37. The summed E-state index contributed by atoms with van der Waals surface area (Å²) in [6, 6.07) is 12.2. The van der Waals surface area contributed by atoms with Crippen molar-refractivity contribution >= 4 is 21.0 Å². The molecule has 0 aliphatic rings. The highest BCUT2D eigenvalue weighted by molar-refractivity contribution is 6.47. The number of pyridine rings is 3. The summed E-state index contributed by atoms with van der Waals surface area (Å²) in [5, 5.41) is 1.30. The largest absolute Gasteiger partial charge is 0.264 e. The zero-order valence-corrected chi connectivity index (χ0v) is 13.8. The molecule has 21 heavy (non-hydrogen) atoms. The monoisotopic (exact) mass is 289 g/mol. The summed E-state index contributed by atoms with van der Waals surface area (Å²) in [6.45, 7) is 0. The maximum absolute atomic E-state index is 4.25. The minimum absolute atomic E-state index is 0.914. The van der Waals surface area contributed by atoms with Gasteiger partial charge in [0.2, 0.25) is 0 Å². The molecule has 3 nitrogen and oxygen atoms in total. The number of aromatic nitrogens is 3. The summed E-state index contributed by atoms with van der Waals surface area (Å²) in [5.41, 5.74) is 4.57. The van der Waals surface area contributed by atoms with Crippen molar-refractivity contribution in [2.45, 2.75) is 0 Å². The molecule has 0 unspecified atom stereocenters. The van der Waals surface area contributed by atoms with Crippen molar-refractivity contribution in [3.63, 3.8) is 0 Å². The zero-order valence-electron chi connectivity index (χ0n) is 11.8. The van der Waals surface area contributed by atoms with E-state index in [0.717, 1.165) is 26.9 Å². The van der Waals surface area contributed by atoms with Crippen LogP contribution in [0.25, 0.3) is 10.8 Å². The van der Waals surface area contributed by atoms with E-state index in [0.29, 0.717) is 0 Å². The first-order valence-corrected chi connectivity index (χ1v) is 7.78. The SMILES string of the molecule is [SiH3]C(=C(c1cccnc1)c1cccnc1)c1cccnc1. The lowest BCUT2D eigenvalue weighted by molar-refractivity contribution is 1.28. The van der Waals surface area contributed by atoms with Crippen LogP contribution in [-0.4, -0.2) is 25.2 Å². The average molecular weight is 289 g/mol. The summed E-state index contributed by atoms with van der Waals surface area (Å²) >= 11 is 0. The molecule has 0 bridgehead atoms. The van der Waals surface area contributed by atoms with Gasteiger partial charge in [0, 0.05) is 58.6 Å². The van der Waals surface area contributed by atoms with Crippen LogP contribution in [0.3, 0.4) is 0 Å². The van der Waals surface area contributed by atoms with Gasteiger partial charge in [-0.05, 0) is 29.3 Å². The van der Waals surface area contributed by atoms with Gasteiger partial charge in [-0.3, -0.25) is 15.0 Å². The first-order chi connectivity index (χ1) is 10.4. The van der Waals surface area contributed by atoms with Crippen molar-refractivity contribution in [1.82, 2.24) is 15.0 Å². The van der Waals surface area contributed by atoms with Gasteiger partial charge < -0.3 is 0 Å². The topological polar surface area (TPSA) is 38.7 Å². The number of hydrogen-bond donors (Lipinski definition) is 0. The van der Waals surface area contributed by atoms with Crippen molar-refractivity contribution in [1.29, 1.82) is 0 Å². The van der Waals surface area contributed by atoms with Gasteiger partial charge in [-0.15, -0.1) is 0 Å². The molecule has 0 aliphatic heterocycles. The van der Waals surface area contributed by atoms with E-state index in [1.54, 1.807) is 18.6 Å². The van der Waals surface area contributed by atoms with Gasteiger partial charge in [0.25, 0.3) is 0 Å². The van der Waals surface area contributed by atoms with Crippen LogP contribution < -0.4 is 0 Å². The number of nitrogens with zero attached hydrogens (tertiary/aromatic N) is 3. The highest BCUT2D eigenvalue weighted by atomic mass is 28.1. The fourth-order valence-corrected chi connectivity index (χ4v) is 3.22. The summed E-state index contributed by atoms with van der Waals surface area (Å²) in [4.78, 5) is 12.7. The Hall–Kier alpha value is -2.59. The van der Waals surface area contributed by atoms with E-state index in [1.165, 1.54) is 10.8 Å². The van der Waals surface area contributed by atoms with Crippen LogP contribution in [0.5, 0.6) is 0 Å².